The second-order valence-corrected chi connectivity index (χ2v) is 5.69. The number of carbonyl (C=O) groups excluding carboxylic acids is 1. The van der Waals surface area contributed by atoms with Crippen LogP contribution in [0.4, 0.5) is 15.8 Å². The van der Waals surface area contributed by atoms with Crippen LogP contribution in [0.1, 0.15) is 28.9 Å². The summed E-state index contributed by atoms with van der Waals surface area (Å²) in [6, 6.07) is 16.8. The maximum atomic E-state index is 13.0. The fourth-order valence-electron chi connectivity index (χ4n) is 2.42. The summed E-state index contributed by atoms with van der Waals surface area (Å²) in [6.07, 6.45) is 3.44. The lowest BCUT2D eigenvalue weighted by Crippen LogP contribution is -2.26. The van der Waals surface area contributed by atoms with Gasteiger partial charge >= 0.3 is 0 Å². The molecular formula is C20H18FN3O. The Kier molecular flexibility index (Phi) is 5.04. The number of anilines is 2. The van der Waals surface area contributed by atoms with E-state index in [2.05, 4.69) is 15.6 Å². The molecule has 0 radical (unpaired) electrons. The molecule has 0 aliphatic heterocycles. The monoisotopic (exact) mass is 335 g/mol. The van der Waals surface area contributed by atoms with E-state index >= 15 is 0 Å². The fourth-order valence-corrected chi connectivity index (χ4v) is 2.42. The Morgan fingerprint density at radius 1 is 1.00 bits per heavy atom. The van der Waals surface area contributed by atoms with Crippen LogP contribution in [0.5, 0.6) is 0 Å². The molecule has 2 aromatic carbocycles. The van der Waals surface area contributed by atoms with E-state index in [1.807, 2.05) is 31.2 Å². The van der Waals surface area contributed by atoms with Crippen molar-refractivity contribution in [1.29, 1.82) is 0 Å². The second-order valence-electron chi connectivity index (χ2n) is 5.69. The summed E-state index contributed by atoms with van der Waals surface area (Å²) in [7, 11) is 0. The van der Waals surface area contributed by atoms with Crippen LogP contribution in [0, 0.1) is 5.82 Å². The predicted octanol–water partition coefficient (Wildman–Crippen LogP) is 4.46. The molecule has 3 rings (SSSR count). The van der Waals surface area contributed by atoms with Crippen molar-refractivity contribution in [2.45, 2.75) is 13.0 Å². The Balaban J connectivity index is 1.63. The topological polar surface area (TPSA) is 54.0 Å². The van der Waals surface area contributed by atoms with Crippen LogP contribution in [0.3, 0.4) is 0 Å². The SMILES string of the molecule is C[C@H](NC(=O)c1ccc(Nc2cccnc2)cc1)c1ccc(F)cc1. The average molecular weight is 335 g/mol. The van der Waals surface area contributed by atoms with Crippen LogP contribution in [0.25, 0.3) is 0 Å². The summed E-state index contributed by atoms with van der Waals surface area (Å²) in [6.45, 7) is 1.86. The van der Waals surface area contributed by atoms with Gasteiger partial charge < -0.3 is 10.6 Å². The number of hydrogen-bond acceptors (Lipinski definition) is 3. The van der Waals surface area contributed by atoms with Gasteiger partial charge in [-0.15, -0.1) is 0 Å². The molecule has 1 heterocycles. The van der Waals surface area contributed by atoms with Gasteiger partial charge in [-0.25, -0.2) is 4.39 Å². The minimum Gasteiger partial charge on any atom is -0.354 e. The molecule has 0 aliphatic carbocycles. The molecule has 0 bridgehead atoms. The van der Waals surface area contributed by atoms with Gasteiger partial charge in [0, 0.05) is 17.4 Å². The van der Waals surface area contributed by atoms with E-state index in [0.717, 1.165) is 16.9 Å². The molecule has 0 spiro atoms. The normalized spacial score (nSPS) is 11.6. The molecule has 0 saturated heterocycles. The smallest absolute Gasteiger partial charge is 0.251 e. The Hall–Kier alpha value is -3.21. The Morgan fingerprint density at radius 2 is 1.72 bits per heavy atom. The highest BCUT2D eigenvalue weighted by Gasteiger charge is 2.11. The Labute approximate surface area is 145 Å². The number of nitrogens with zero attached hydrogens (tertiary/aromatic N) is 1. The molecular weight excluding hydrogens is 317 g/mol. The van der Waals surface area contributed by atoms with Crippen LogP contribution >= 0.6 is 0 Å². The van der Waals surface area contributed by atoms with Crippen molar-refractivity contribution in [1.82, 2.24) is 10.3 Å². The molecule has 0 aliphatic rings. The van der Waals surface area contributed by atoms with Gasteiger partial charge in [-0.05, 0) is 61.0 Å². The van der Waals surface area contributed by atoms with E-state index in [9.17, 15) is 9.18 Å². The molecule has 2 N–H and O–H groups in total. The van der Waals surface area contributed by atoms with E-state index in [-0.39, 0.29) is 17.8 Å². The number of hydrogen-bond donors (Lipinski definition) is 2. The molecule has 25 heavy (non-hydrogen) atoms. The van der Waals surface area contributed by atoms with Crippen LogP contribution in [-0.4, -0.2) is 10.9 Å². The lowest BCUT2D eigenvalue weighted by Gasteiger charge is -2.14. The van der Waals surface area contributed by atoms with Crippen LogP contribution in [0.2, 0.25) is 0 Å². The molecule has 0 unspecified atom stereocenters. The molecule has 1 aromatic heterocycles. The Morgan fingerprint density at radius 3 is 2.36 bits per heavy atom. The maximum Gasteiger partial charge on any atom is 0.251 e. The third kappa shape index (κ3) is 4.41. The quantitative estimate of drug-likeness (QED) is 0.724. The van der Waals surface area contributed by atoms with Gasteiger partial charge in [0.15, 0.2) is 0 Å². The molecule has 0 saturated carbocycles. The zero-order valence-corrected chi connectivity index (χ0v) is 13.7. The molecule has 5 heteroatoms. The number of amides is 1. The lowest BCUT2D eigenvalue weighted by molar-refractivity contribution is 0.0940. The molecule has 126 valence electrons. The molecule has 4 nitrogen and oxygen atoms in total. The van der Waals surface area contributed by atoms with Crippen LogP contribution < -0.4 is 10.6 Å². The first-order chi connectivity index (χ1) is 12.1. The van der Waals surface area contributed by atoms with Crippen molar-refractivity contribution in [2.75, 3.05) is 5.32 Å². The molecule has 1 amide bonds. The minimum atomic E-state index is -0.293. The summed E-state index contributed by atoms with van der Waals surface area (Å²) < 4.78 is 13.0. The van der Waals surface area contributed by atoms with Crippen LogP contribution in [-0.2, 0) is 0 Å². The van der Waals surface area contributed by atoms with E-state index < -0.39 is 0 Å². The maximum absolute atomic E-state index is 13.0. The van der Waals surface area contributed by atoms with Crippen molar-refractivity contribution in [3.05, 3.63) is 90.0 Å². The summed E-state index contributed by atoms with van der Waals surface area (Å²) >= 11 is 0. The van der Waals surface area contributed by atoms with Gasteiger partial charge in [-0.1, -0.05) is 12.1 Å². The van der Waals surface area contributed by atoms with E-state index in [1.165, 1.54) is 12.1 Å². The highest BCUT2D eigenvalue weighted by atomic mass is 19.1. The number of halogens is 1. The number of benzene rings is 2. The minimum absolute atomic E-state index is 0.176. The molecule has 1 atom stereocenters. The van der Waals surface area contributed by atoms with Crippen molar-refractivity contribution in [3.8, 4) is 0 Å². The van der Waals surface area contributed by atoms with Gasteiger partial charge in [0.2, 0.25) is 0 Å². The van der Waals surface area contributed by atoms with Crippen LogP contribution in [0.15, 0.2) is 73.1 Å². The number of nitrogens with one attached hydrogen (secondary N) is 2. The predicted molar refractivity (Wildman–Crippen MR) is 96.2 cm³/mol. The summed E-state index contributed by atoms with van der Waals surface area (Å²) in [5.74, 6) is -0.469. The number of aromatic nitrogens is 1. The van der Waals surface area contributed by atoms with Gasteiger partial charge in [-0.2, -0.15) is 0 Å². The summed E-state index contributed by atoms with van der Waals surface area (Å²) in [4.78, 5) is 16.4. The standard InChI is InChI=1S/C20H18FN3O/c1-14(15-4-8-17(21)9-5-15)23-20(25)16-6-10-18(11-7-16)24-19-3-2-12-22-13-19/h2-14,24H,1H3,(H,23,25)/t14-/m0/s1. The summed E-state index contributed by atoms with van der Waals surface area (Å²) in [5.41, 5.74) is 3.16. The van der Waals surface area contributed by atoms with E-state index in [1.54, 1.807) is 36.7 Å². The lowest BCUT2D eigenvalue weighted by atomic mass is 10.1. The van der Waals surface area contributed by atoms with Gasteiger partial charge in [0.05, 0.1) is 17.9 Å². The molecule has 0 fully saturated rings. The van der Waals surface area contributed by atoms with Crippen molar-refractivity contribution >= 4 is 17.3 Å². The molecule has 3 aromatic rings. The van der Waals surface area contributed by atoms with Crippen molar-refractivity contribution in [2.24, 2.45) is 0 Å². The first kappa shape index (κ1) is 16.6. The number of rotatable bonds is 5. The largest absolute Gasteiger partial charge is 0.354 e. The third-order valence-corrected chi connectivity index (χ3v) is 3.81. The highest BCUT2D eigenvalue weighted by Crippen LogP contribution is 2.17. The highest BCUT2D eigenvalue weighted by molar-refractivity contribution is 5.94. The van der Waals surface area contributed by atoms with Gasteiger partial charge in [-0.3, -0.25) is 9.78 Å². The zero-order valence-electron chi connectivity index (χ0n) is 13.7. The van der Waals surface area contributed by atoms with E-state index in [4.69, 9.17) is 0 Å². The number of carbonyl (C=O) groups is 1. The van der Waals surface area contributed by atoms with Gasteiger partial charge in [0.25, 0.3) is 5.91 Å². The van der Waals surface area contributed by atoms with Gasteiger partial charge in [0.1, 0.15) is 5.82 Å². The average Bonchev–Trinajstić information content (AvgIpc) is 2.63. The fraction of sp³-hybridized carbons (Fsp3) is 0.100. The van der Waals surface area contributed by atoms with E-state index in [0.29, 0.717) is 5.56 Å². The summed E-state index contributed by atoms with van der Waals surface area (Å²) in [5, 5.41) is 6.12. The first-order valence-electron chi connectivity index (χ1n) is 7.95. The Bertz CT molecular complexity index is 833. The zero-order chi connectivity index (χ0) is 17.6. The third-order valence-electron chi connectivity index (χ3n) is 3.81. The first-order valence-corrected chi connectivity index (χ1v) is 7.95. The second kappa shape index (κ2) is 7.57. The van der Waals surface area contributed by atoms with Crippen molar-refractivity contribution < 1.29 is 9.18 Å². The number of pyridine rings is 1. The van der Waals surface area contributed by atoms with Crippen molar-refractivity contribution in [3.63, 3.8) is 0 Å².